The van der Waals surface area contributed by atoms with E-state index in [2.05, 4.69) is 5.32 Å². The van der Waals surface area contributed by atoms with Crippen molar-refractivity contribution in [2.24, 2.45) is 5.92 Å². The molecule has 3 nitrogen and oxygen atoms in total. The molecule has 0 radical (unpaired) electrons. The van der Waals surface area contributed by atoms with Gasteiger partial charge in [-0.05, 0) is 24.1 Å². The summed E-state index contributed by atoms with van der Waals surface area (Å²) in [7, 11) is 0. The number of benzene rings is 1. The highest BCUT2D eigenvalue weighted by Gasteiger charge is 2.20. The quantitative estimate of drug-likeness (QED) is 0.823. The van der Waals surface area contributed by atoms with Crippen molar-refractivity contribution >= 4 is 5.97 Å². The molecule has 0 aliphatic carbocycles. The molecule has 1 atom stereocenters. The van der Waals surface area contributed by atoms with Gasteiger partial charge in [0.15, 0.2) is 0 Å². The van der Waals surface area contributed by atoms with Crippen LogP contribution in [0, 0.1) is 5.92 Å². The van der Waals surface area contributed by atoms with E-state index in [-0.39, 0.29) is 11.5 Å². The first-order chi connectivity index (χ1) is 8.41. The summed E-state index contributed by atoms with van der Waals surface area (Å²) in [6, 6.07) is 4.56. The van der Waals surface area contributed by atoms with Crippen molar-refractivity contribution in [2.45, 2.75) is 26.3 Å². The van der Waals surface area contributed by atoms with Crippen LogP contribution in [0.15, 0.2) is 24.3 Å². The predicted molar refractivity (Wildman–Crippen MR) is 64.6 cm³/mol. The zero-order chi connectivity index (χ0) is 13.7. The lowest BCUT2D eigenvalue weighted by Crippen LogP contribution is -2.31. The molecule has 1 unspecified atom stereocenters. The van der Waals surface area contributed by atoms with Crippen LogP contribution in [0.25, 0.3) is 0 Å². The molecule has 2 N–H and O–H groups in total. The summed E-state index contributed by atoms with van der Waals surface area (Å²) in [5, 5.41) is 12.0. The van der Waals surface area contributed by atoms with Crippen LogP contribution in [-0.4, -0.2) is 17.6 Å². The largest absolute Gasteiger partial charge is 0.480 e. The fourth-order valence-electron chi connectivity index (χ4n) is 1.58. The Balaban J connectivity index is 2.91. The average molecular weight is 257 g/mol. The van der Waals surface area contributed by atoms with Gasteiger partial charge in [-0.2, -0.15) is 0 Å². The van der Waals surface area contributed by atoms with E-state index < -0.39 is 18.4 Å². The van der Waals surface area contributed by atoms with Gasteiger partial charge < -0.3 is 10.4 Å². The molecule has 0 spiro atoms. The third-order valence-corrected chi connectivity index (χ3v) is 2.47. The summed E-state index contributed by atoms with van der Waals surface area (Å²) in [4.78, 5) is 11.1. The van der Waals surface area contributed by atoms with Gasteiger partial charge in [-0.25, -0.2) is 8.78 Å². The van der Waals surface area contributed by atoms with Gasteiger partial charge in [-0.1, -0.05) is 32.0 Å². The summed E-state index contributed by atoms with van der Waals surface area (Å²) >= 11 is 0. The van der Waals surface area contributed by atoms with Gasteiger partial charge in [0.1, 0.15) is 6.04 Å². The molecule has 18 heavy (non-hydrogen) atoms. The Morgan fingerprint density at radius 2 is 1.94 bits per heavy atom. The minimum Gasteiger partial charge on any atom is -0.480 e. The highest BCUT2D eigenvalue weighted by Crippen LogP contribution is 2.22. The topological polar surface area (TPSA) is 49.3 Å². The van der Waals surface area contributed by atoms with E-state index in [1.807, 2.05) is 13.8 Å². The summed E-state index contributed by atoms with van der Waals surface area (Å²) < 4.78 is 25.1. The van der Waals surface area contributed by atoms with E-state index in [1.54, 1.807) is 0 Å². The highest BCUT2D eigenvalue weighted by molar-refractivity contribution is 5.75. The number of hydrogen-bond donors (Lipinski definition) is 2. The third-order valence-electron chi connectivity index (χ3n) is 2.47. The Morgan fingerprint density at radius 3 is 2.44 bits per heavy atom. The summed E-state index contributed by atoms with van der Waals surface area (Å²) in [5.41, 5.74) is 0.186. The molecule has 0 saturated heterocycles. The second-order valence-corrected chi connectivity index (χ2v) is 4.54. The number of carbonyl (C=O) groups is 1. The molecule has 0 saturated carbocycles. The molecule has 1 aromatic carbocycles. The summed E-state index contributed by atoms with van der Waals surface area (Å²) in [6.07, 6.45) is -2.59. The summed E-state index contributed by atoms with van der Waals surface area (Å²) in [5.74, 6) is -0.785. The molecule has 0 aliphatic rings. The van der Waals surface area contributed by atoms with E-state index in [4.69, 9.17) is 5.11 Å². The van der Waals surface area contributed by atoms with Gasteiger partial charge in [-0.15, -0.1) is 0 Å². The van der Waals surface area contributed by atoms with Crippen LogP contribution in [0.5, 0.6) is 0 Å². The predicted octanol–water partition coefficient (Wildman–Crippen LogP) is 3.00. The zero-order valence-corrected chi connectivity index (χ0v) is 10.4. The first-order valence-corrected chi connectivity index (χ1v) is 5.76. The normalized spacial score (nSPS) is 13.0. The first-order valence-electron chi connectivity index (χ1n) is 5.76. The molecular formula is C13H17F2NO2. The molecule has 0 aliphatic heterocycles. The Hall–Kier alpha value is -1.49. The Labute approximate surface area is 105 Å². The van der Waals surface area contributed by atoms with Crippen molar-refractivity contribution in [2.75, 3.05) is 6.54 Å². The maximum atomic E-state index is 12.6. The molecule has 0 fully saturated rings. The van der Waals surface area contributed by atoms with Crippen LogP contribution < -0.4 is 5.32 Å². The maximum Gasteiger partial charge on any atom is 0.325 e. The van der Waals surface area contributed by atoms with Crippen molar-refractivity contribution in [3.05, 3.63) is 35.4 Å². The number of rotatable bonds is 6. The van der Waals surface area contributed by atoms with Crippen LogP contribution in [-0.2, 0) is 4.79 Å². The van der Waals surface area contributed by atoms with Crippen molar-refractivity contribution in [1.29, 1.82) is 0 Å². The lowest BCUT2D eigenvalue weighted by Gasteiger charge is -2.17. The first kappa shape index (κ1) is 14.6. The van der Waals surface area contributed by atoms with E-state index in [9.17, 15) is 13.6 Å². The van der Waals surface area contributed by atoms with Gasteiger partial charge in [0.2, 0.25) is 0 Å². The molecule has 1 rings (SSSR count). The summed E-state index contributed by atoms with van der Waals surface area (Å²) in [6.45, 7) is 4.40. The third kappa shape index (κ3) is 4.07. The smallest absolute Gasteiger partial charge is 0.325 e. The van der Waals surface area contributed by atoms with E-state index in [0.717, 1.165) is 0 Å². The van der Waals surface area contributed by atoms with Gasteiger partial charge in [0, 0.05) is 5.56 Å². The van der Waals surface area contributed by atoms with Crippen LogP contribution in [0.4, 0.5) is 8.78 Å². The lowest BCUT2D eigenvalue weighted by molar-refractivity contribution is -0.139. The minimum atomic E-state index is -2.59. The van der Waals surface area contributed by atoms with Crippen LogP contribution >= 0.6 is 0 Å². The molecule has 0 bridgehead atoms. The Bertz CT molecular complexity index is 408. The SMILES string of the molecule is CC(C)CNC(C(=O)O)c1cccc(C(F)F)c1. The van der Waals surface area contributed by atoms with Crippen molar-refractivity contribution < 1.29 is 18.7 Å². The fraction of sp³-hybridized carbons (Fsp3) is 0.462. The fourth-order valence-corrected chi connectivity index (χ4v) is 1.58. The monoisotopic (exact) mass is 257 g/mol. The molecule has 100 valence electrons. The minimum absolute atomic E-state index is 0.162. The van der Waals surface area contributed by atoms with Crippen LogP contribution in [0.2, 0.25) is 0 Å². The van der Waals surface area contributed by atoms with Gasteiger partial charge in [0.05, 0.1) is 0 Å². The second kappa shape index (κ2) is 6.44. The molecule has 0 amide bonds. The van der Waals surface area contributed by atoms with E-state index >= 15 is 0 Å². The Kier molecular flexibility index (Phi) is 5.22. The number of aliphatic carboxylic acids is 1. The van der Waals surface area contributed by atoms with Gasteiger partial charge in [0.25, 0.3) is 6.43 Å². The van der Waals surface area contributed by atoms with Gasteiger partial charge >= 0.3 is 5.97 Å². The number of hydrogen-bond acceptors (Lipinski definition) is 2. The van der Waals surface area contributed by atoms with Gasteiger partial charge in [-0.3, -0.25) is 4.79 Å². The number of alkyl halides is 2. The standard InChI is InChI=1S/C13H17F2NO2/c1-8(2)7-16-11(13(17)18)9-4-3-5-10(6-9)12(14)15/h3-6,8,11-12,16H,7H2,1-2H3,(H,17,18). The highest BCUT2D eigenvalue weighted by atomic mass is 19.3. The maximum absolute atomic E-state index is 12.6. The molecule has 1 aromatic rings. The molecule has 0 aromatic heterocycles. The number of carboxylic acids is 1. The second-order valence-electron chi connectivity index (χ2n) is 4.54. The molecule has 5 heteroatoms. The number of nitrogens with one attached hydrogen (secondary N) is 1. The van der Waals surface area contributed by atoms with E-state index in [1.165, 1.54) is 24.3 Å². The van der Waals surface area contributed by atoms with Crippen molar-refractivity contribution in [3.63, 3.8) is 0 Å². The van der Waals surface area contributed by atoms with E-state index in [0.29, 0.717) is 12.1 Å². The number of halogens is 2. The number of carboxylic acid groups (broad SMARTS) is 1. The lowest BCUT2D eigenvalue weighted by atomic mass is 10.0. The van der Waals surface area contributed by atoms with Crippen molar-refractivity contribution in [1.82, 2.24) is 5.32 Å². The van der Waals surface area contributed by atoms with Crippen LogP contribution in [0.1, 0.15) is 37.4 Å². The molecule has 0 heterocycles. The van der Waals surface area contributed by atoms with Crippen LogP contribution in [0.3, 0.4) is 0 Å². The molecular weight excluding hydrogens is 240 g/mol. The van der Waals surface area contributed by atoms with Crippen molar-refractivity contribution in [3.8, 4) is 0 Å². The zero-order valence-electron chi connectivity index (χ0n) is 10.4. The average Bonchev–Trinajstić information content (AvgIpc) is 2.28. The Morgan fingerprint density at radius 1 is 1.33 bits per heavy atom.